The Kier molecular flexibility index (Phi) is 4.63. The molecule has 1 heterocycles. The number of methoxy groups -OCH3 is 1. The molecule has 1 atom stereocenters. The number of aromatic nitrogens is 2. The van der Waals surface area contributed by atoms with Gasteiger partial charge in [-0.2, -0.15) is 0 Å². The Morgan fingerprint density at radius 1 is 1.33 bits per heavy atom. The molecule has 0 aliphatic carbocycles. The minimum Gasteiger partial charge on any atom is -0.491 e. The van der Waals surface area contributed by atoms with Crippen LogP contribution >= 0.6 is 11.5 Å². The van der Waals surface area contributed by atoms with Crippen molar-refractivity contribution in [3.8, 4) is 5.75 Å². The van der Waals surface area contributed by atoms with E-state index in [0.717, 1.165) is 16.2 Å². The lowest BCUT2D eigenvalue weighted by Gasteiger charge is -2.15. The SMILES string of the molecule is COCCOc1ccccc1C(N)c1cnns1. The van der Waals surface area contributed by atoms with Crippen molar-refractivity contribution in [3.63, 3.8) is 0 Å². The predicted octanol–water partition coefficient (Wildman–Crippen LogP) is 1.61. The van der Waals surface area contributed by atoms with Gasteiger partial charge in [0.2, 0.25) is 0 Å². The molecular weight excluding hydrogens is 250 g/mol. The molecule has 2 aromatic rings. The summed E-state index contributed by atoms with van der Waals surface area (Å²) in [5.41, 5.74) is 7.12. The maximum atomic E-state index is 6.18. The van der Waals surface area contributed by atoms with Crippen LogP contribution in [0.2, 0.25) is 0 Å². The second-order valence-electron chi connectivity index (χ2n) is 3.68. The summed E-state index contributed by atoms with van der Waals surface area (Å²) in [7, 11) is 1.64. The zero-order chi connectivity index (χ0) is 12.8. The molecule has 0 saturated carbocycles. The van der Waals surface area contributed by atoms with Crippen molar-refractivity contribution in [2.24, 2.45) is 5.73 Å². The van der Waals surface area contributed by atoms with Crippen LogP contribution in [0.25, 0.3) is 0 Å². The Balaban J connectivity index is 2.16. The molecular formula is C12H15N3O2S. The van der Waals surface area contributed by atoms with Gasteiger partial charge in [-0.15, -0.1) is 5.10 Å². The maximum Gasteiger partial charge on any atom is 0.124 e. The second-order valence-corrected chi connectivity index (χ2v) is 4.49. The molecule has 0 aliphatic heterocycles. The average Bonchev–Trinajstić information content (AvgIpc) is 2.93. The first-order valence-electron chi connectivity index (χ1n) is 5.56. The number of benzene rings is 1. The summed E-state index contributed by atoms with van der Waals surface area (Å²) < 4.78 is 14.4. The van der Waals surface area contributed by atoms with Crippen LogP contribution in [0.5, 0.6) is 5.75 Å². The van der Waals surface area contributed by atoms with E-state index in [1.54, 1.807) is 13.3 Å². The van der Waals surface area contributed by atoms with Crippen LogP contribution in [0.15, 0.2) is 30.5 Å². The molecule has 0 amide bonds. The van der Waals surface area contributed by atoms with Crippen molar-refractivity contribution in [3.05, 3.63) is 40.9 Å². The van der Waals surface area contributed by atoms with Gasteiger partial charge >= 0.3 is 0 Å². The topological polar surface area (TPSA) is 70.3 Å². The summed E-state index contributed by atoms with van der Waals surface area (Å²) >= 11 is 1.30. The van der Waals surface area contributed by atoms with Crippen LogP contribution in [-0.2, 0) is 4.74 Å². The molecule has 5 nitrogen and oxygen atoms in total. The maximum absolute atomic E-state index is 6.18. The van der Waals surface area contributed by atoms with E-state index in [9.17, 15) is 0 Å². The number of para-hydroxylation sites is 1. The average molecular weight is 265 g/mol. The Labute approximate surface area is 110 Å². The van der Waals surface area contributed by atoms with Crippen molar-refractivity contribution in [1.29, 1.82) is 0 Å². The molecule has 18 heavy (non-hydrogen) atoms. The van der Waals surface area contributed by atoms with Gasteiger partial charge in [0.15, 0.2) is 0 Å². The van der Waals surface area contributed by atoms with Gasteiger partial charge in [-0.1, -0.05) is 22.7 Å². The minimum atomic E-state index is -0.260. The third-order valence-electron chi connectivity index (χ3n) is 2.48. The smallest absolute Gasteiger partial charge is 0.124 e. The van der Waals surface area contributed by atoms with E-state index in [4.69, 9.17) is 15.2 Å². The lowest BCUT2D eigenvalue weighted by Crippen LogP contribution is -2.13. The molecule has 0 aliphatic rings. The zero-order valence-corrected chi connectivity index (χ0v) is 10.9. The number of hydrogen-bond donors (Lipinski definition) is 1. The second kappa shape index (κ2) is 6.44. The van der Waals surface area contributed by atoms with Gasteiger partial charge in [0.05, 0.1) is 23.7 Å². The predicted molar refractivity (Wildman–Crippen MR) is 69.8 cm³/mol. The summed E-state index contributed by atoms with van der Waals surface area (Å²) in [5, 5.41) is 3.80. The van der Waals surface area contributed by atoms with Gasteiger partial charge < -0.3 is 15.2 Å². The van der Waals surface area contributed by atoms with E-state index in [0.29, 0.717) is 13.2 Å². The molecule has 0 saturated heterocycles. The van der Waals surface area contributed by atoms with Crippen LogP contribution in [0.4, 0.5) is 0 Å². The van der Waals surface area contributed by atoms with Gasteiger partial charge in [0, 0.05) is 12.7 Å². The fourth-order valence-corrected chi connectivity index (χ4v) is 2.09. The van der Waals surface area contributed by atoms with Crippen LogP contribution in [-0.4, -0.2) is 29.9 Å². The highest BCUT2D eigenvalue weighted by atomic mass is 32.1. The number of nitrogens with two attached hydrogens (primary N) is 1. The highest BCUT2D eigenvalue weighted by Gasteiger charge is 2.15. The number of ether oxygens (including phenoxy) is 2. The highest BCUT2D eigenvalue weighted by molar-refractivity contribution is 7.05. The first-order chi connectivity index (χ1) is 8.83. The minimum absolute atomic E-state index is 0.260. The van der Waals surface area contributed by atoms with E-state index in [-0.39, 0.29) is 6.04 Å². The van der Waals surface area contributed by atoms with Crippen LogP contribution in [0.1, 0.15) is 16.5 Å². The Bertz CT molecular complexity index is 476. The summed E-state index contributed by atoms with van der Waals surface area (Å²) in [4.78, 5) is 0.915. The van der Waals surface area contributed by atoms with E-state index >= 15 is 0 Å². The van der Waals surface area contributed by atoms with Gasteiger partial charge in [0.1, 0.15) is 12.4 Å². The molecule has 96 valence electrons. The van der Waals surface area contributed by atoms with E-state index in [1.165, 1.54) is 11.5 Å². The van der Waals surface area contributed by atoms with Crippen molar-refractivity contribution in [1.82, 2.24) is 9.59 Å². The number of nitrogens with zero attached hydrogens (tertiary/aromatic N) is 2. The van der Waals surface area contributed by atoms with Crippen molar-refractivity contribution in [2.75, 3.05) is 20.3 Å². The third-order valence-corrected chi connectivity index (χ3v) is 3.23. The van der Waals surface area contributed by atoms with Gasteiger partial charge in [-0.05, 0) is 17.6 Å². The summed E-state index contributed by atoms with van der Waals surface area (Å²) in [5.74, 6) is 0.774. The largest absolute Gasteiger partial charge is 0.491 e. The Morgan fingerprint density at radius 3 is 2.89 bits per heavy atom. The molecule has 6 heteroatoms. The molecule has 0 spiro atoms. The van der Waals surface area contributed by atoms with Crippen LogP contribution in [0.3, 0.4) is 0 Å². The molecule has 2 rings (SSSR count). The lowest BCUT2D eigenvalue weighted by molar-refractivity contribution is 0.145. The Morgan fingerprint density at radius 2 is 2.17 bits per heavy atom. The zero-order valence-electron chi connectivity index (χ0n) is 10.1. The molecule has 2 N–H and O–H groups in total. The third kappa shape index (κ3) is 3.04. The number of rotatable bonds is 6. The lowest BCUT2D eigenvalue weighted by atomic mass is 10.1. The monoisotopic (exact) mass is 265 g/mol. The summed E-state index contributed by atoms with van der Waals surface area (Å²) in [6.45, 7) is 1.05. The van der Waals surface area contributed by atoms with Crippen molar-refractivity contribution in [2.45, 2.75) is 6.04 Å². The molecule has 0 radical (unpaired) electrons. The standard InChI is InChI=1S/C12H15N3O2S/c1-16-6-7-17-10-5-3-2-4-9(10)12(13)11-8-14-15-18-11/h2-5,8,12H,6-7,13H2,1H3. The first kappa shape index (κ1) is 12.9. The number of hydrogen-bond acceptors (Lipinski definition) is 6. The molecule has 0 fully saturated rings. The Hall–Kier alpha value is -1.50. The van der Waals surface area contributed by atoms with E-state index < -0.39 is 0 Å². The van der Waals surface area contributed by atoms with E-state index in [2.05, 4.69) is 9.59 Å². The van der Waals surface area contributed by atoms with Gasteiger partial charge in [-0.25, -0.2) is 0 Å². The molecule has 1 unspecified atom stereocenters. The van der Waals surface area contributed by atoms with E-state index in [1.807, 2.05) is 24.3 Å². The molecule has 0 bridgehead atoms. The molecule has 1 aromatic heterocycles. The van der Waals surface area contributed by atoms with Crippen molar-refractivity contribution >= 4 is 11.5 Å². The molecule has 1 aromatic carbocycles. The van der Waals surface area contributed by atoms with Crippen LogP contribution < -0.4 is 10.5 Å². The fraction of sp³-hybridized carbons (Fsp3) is 0.333. The summed E-state index contributed by atoms with van der Waals surface area (Å²) in [6.07, 6.45) is 1.68. The normalized spacial score (nSPS) is 12.3. The van der Waals surface area contributed by atoms with Crippen LogP contribution in [0, 0.1) is 0 Å². The quantitative estimate of drug-likeness (QED) is 0.803. The van der Waals surface area contributed by atoms with Crippen molar-refractivity contribution < 1.29 is 9.47 Å². The highest BCUT2D eigenvalue weighted by Crippen LogP contribution is 2.29. The summed E-state index contributed by atoms with van der Waals surface area (Å²) in [6, 6.07) is 7.45. The van der Waals surface area contributed by atoms with Gasteiger partial charge in [-0.3, -0.25) is 0 Å². The van der Waals surface area contributed by atoms with Gasteiger partial charge in [0.25, 0.3) is 0 Å². The fourth-order valence-electron chi connectivity index (χ4n) is 1.57. The first-order valence-corrected chi connectivity index (χ1v) is 6.33.